The molecule has 1 amide bonds. The lowest BCUT2D eigenvalue weighted by atomic mass is 9.97. The maximum Gasteiger partial charge on any atom is 0.220 e. The molecule has 24 heavy (non-hydrogen) atoms. The number of nitrogens with one attached hydrogen (secondary N) is 1. The third-order valence-corrected chi connectivity index (χ3v) is 4.28. The van der Waals surface area contributed by atoms with Gasteiger partial charge < -0.3 is 15.2 Å². The topological polar surface area (TPSA) is 58.6 Å². The van der Waals surface area contributed by atoms with Crippen molar-refractivity contribution < 1.29 is 14.6 Å². The predicted octanol–water partition coefficient (Wildman–Crippen LogP) is 3.69. The summed E-state index contributed by atoms with van der Waals surface area (Å²) in [5.74, 6) is 0.760. The molecule has 2 unspecified atom stereocenters. The summed E-state index contributed by atoms with van der Waals surface area (Å²) in [6, 6.07) is 14.7. The van der Waals surface area contributed by atoms with Gasteiger partial charge in [-0.05, 0) is 29.7 Å². The molecule has 0 aliphatic rings. The first kappa shape index (κ1) is 18.3. The first-order valence-corrected chi connectivity index (χ1v) is 8.22. The van der Waals surface area contributed by atoms with E-state index in [0.717, 1.165) is 11.3 Å². The van der Waals surface area contributed by atoms with Crippen molar-refractivity contribution in [2.45, 2.75) is 25.4 Å². The Morgan fingerprint density at radius 1 is 1.21 bits per heavy atom. The third kappa shape index (κ3) is 4.98. The Labute approximate surface area is 147 Å². The van der Waals surface area contributed by atoms with Crippen molar-refractivity contribution in [3.8, 4) is 5.75 Å². The van der Waals surface area contributed by atoms with Crippen LogP contribution in [0.5, 0.6) is 5.75 Å². The fourth-order valence-electron chi connectivity index (χ4n) is 2.47. The van der Waals surface area contributed by atoms with Crippen LogP contribution in [0.4, 0.5) is 0 Å². The Morgan fingerprint density at radius 2 is 1.88 bits per heavy atom. The van der Waals surface area contributed by atoms with E-state index in [-0.39, 0.29) is 18.4 Å². The number of carbonyl (C=O) groups is 1. The average Bonchev–Trinajstić information content (AvgIpc) is 2.60. The second-order valence-corrected chi connectivity index (χ2v) is 6.13. The molecule has 0 saturated heterocycles. The Kier molecular flexibility index (Phi) is 6.64. The number of hydrogen-bond donors (Lipinski definition) is 2. The normalized spacial score (nSPS) is 13.2. The van der Waals surface area contributed by atoms with Crippen LogP contribution in [0, 0.1) is 0 Å². The summed E-state index contributed by atoms with van der Waals surface area (Å²) < 4.78 is 5.13. The van der Waals surface area contributed by atoms with Crippen LogP contribution >= 0.6 is 11.6 Å². The molecule has 0 aromatic heterocycles. The number of benzene rings is 2. The van der Waals surface area contributed by atoms with E-state index in [4.69, 9.17) is 16.3 Å². The second kappa shape index (κ2) is 8.71. The number of halogens is 1. The summed E-state index contributed by atoms with van der Waals surface area (Å²) in [7, 11) is 1.62. The molecule has 2 N–H and O–H groups in total. The van der Waals surface area contributed by atoms with Crippen LogP contribution in [0.25, 0.3) is 0 Å². The summed E-state index contributed by atoms with van der Waals surface area (Å²) in [5, 5.41) is 13.4. The molecule has 2 aromatic rings. The largest absolute Gasteiger partial charge is 0.497 e. The van der Waals surface area contributed by atoms with E-state index in [0.29, 0.717) is 17.0 Å². The summed E-state index contributed by atoms with van der Waals surface area (Å²) in [6.07, 6.45) is -0.472. The zero-order chi connectivity index (χ0) is 17.5. The van der Waals surface area contributed by atoms with E-state index in [1.165, 1.54) is 0 Å². The molecule has 0 radical (unpaired) electrons. The van der Waals surface area contributed by atoms with Crippen LogP contribution in [0.15, 0.2) is 48.5 Å². The van der Waals surface area contributed by atoms with Gasteiger partial charge in [-0.1, -0.05) is 48.9 Å². The lowest BCUT2D eigenvalue weighted by Gasteiger charge is -2.16. The zero-order valence-electron chi connectivity index (χ0n) is 13.8. The molecule has 0 heterocycles. The number of amides is 1. The minimum absolute atomic E-state index is 0.0772. The van der Waals surface area contributed by atoms with E-state index in [9.17, 15) is 9.90 Å². The van der Waals surface area contributed by atoms with Gasteiger partial charge in [0.25, 0.3) is 0 Å². The second-order valence-electron chi connectivity index (χ2n) is 5.72. The smallest absolute Gasteiger partial charge is 0.220 e. The molecule has 2 atom stereocenters. The molecule has 0 saturated carbocycles. The number of methoxy groups -OCH3 is 1. The summed E-state index contributed by atoms with van der Waals surface area (Å²) in [4.78, 5) is 12.1. The lowest BCUT2D eigenvalue weighted by Crippen LogP contribution is -2.29. The SMILES string of the molecule is COc1ccc(C(C)CC(=O)NCC(O)c2ccccc2Cl)cc1. The van der Waals surface area contributed by atoms with E-state index in [2.05, 4.69) is 5.32 Å². The monoisotopic (exact) mass is 347 g/mol. The first-order valence-electron chi connectivity index (χ1n) is 7.84. The molecule has 0 fully saturated rings. The molecule has 4 nitrogen and oxygen atoms in total. The highest BCUT2D eigenvalue weighted by atomic mass is 35.5. The van der Waals surface area contributed by atoms with Crippen molar-refractivity contribution in [3.05, 3.63) is 64.7 Å². The molecule has 2 aromatic carbocycles. The molecule has 0 aliphatic carbocycles. The van der Waals surface area contributed by atoms with Crippen LogP contribution in [-0.4, -0.2) is 24.7 Å². The average molecular weight is 348 g/mol. The van der Waals surface area contributed by atoms with Gasteiger partial charge in [0.2, 0.25) is 5.91 Å². The Bertz CT molecular complexity index is 673. The zero-order valence-corrected chi connectivity index (χ0v) is 14.6. The van der Waals surface area contributed by atoms with Gasteiger partial charge in [0.05, 0.1) is 13.2 Å². The molecule has 128 valence electrons. The molecule has 0 bridgehead atoms. The number of hydrogen-bond acceptors (Lipinski definition) is 3. The van der Waals surface area contributed by atoms with Gasteiger partial charge >= 0.3 is 0 Å². The molecular weight excluding hydrogens is 326 g/mol. The lowest BCUT2D eigenvalue weighted by molar-refractivity contribution is -0.121. The van der Waals surface area contributed by atoms with E-state index in [1.807, 2.05) is 31.2 Å². The standard InChI is InChI=1S/C19H22ClNO3/c1-13(14-7-9-15(24-2)10-8-14)11-19(23)21-12-18(22)16-5-3-4-6-17(16)20/h3-10,13,18,22H,11-12H2,1-2H3,(H,21,23). The van der Waals surface area contributed by atoms with Crippen molar-refractivity contribution in [1.82, 2.24) is 5.32 Å². The molecule has 5 heteroatoms. The van der Waals surface area contributed by atoms with Crippen molar-refractivity contribution in [2.75, 3.05) is 13.7 Å². The minimum Gasteiger partial charge on any atom is -0.497 e. The summed E-state index contributed by atoms with van der Waals surface area (Å²) in [5.41, 5.74) is 1.68. The van der Waals surface area contributed by atoms with Gasteiger partial charge in [-0.3, -0.25) is 4.79 Å². The van der Waals surface area contributed by atoms with Crippen LogP contribution < -0.4 is 10.1 Å². The van der Waals surface area contributed by atoms with Gasteiger partial charge in [0.15, 0.2) is 0 Å². The maximum atomic E-state index is 12.1. The Morgan fingerprint density at radius 3 is 2.50 bits per heavy atom. The van der Waals surface area contributed by atoms with Crippen LogP contribution in [0.2, 0.25) is 5.02 Å². The van der Waals surface area contributed by atoms with Gasteiger partial charge in [-0.15, -0.1) is 0 Å². The van der Waals surface area contributed by atoms with Crippen LogP contribution in [0.1, 0.15) is 36.5 Å². The van der Waals surface area contributed by atoms with E-state index >= 15 is 0 Å². The van der Waals surface area contributed by atoms with Gasteiger partial charge in [-0.2, -0.15) is 0 Å². The minimum atomic E-state index is -0.820. The Balaban J connectivity index is 1.85. The van der Waals surface area contributed by atoms with Gasteiger partial charge in [-0.25, -0.2) is 0 Å². The quantitative estimate of drug-likeness (QED) is 0.803. The summed E-state index contributed by atoms with van der Waals surface area (Å²) >= 11 is 6.04. The number of ether oxygens (including phenoxy) is 1. The third-order valence-electron chi connectivity index (χ3n) is 3.93. The highest BCUT2D eigenvalue weighted by Crippen LogP contribution is 2.23. The van der Waals surface area contributed by atoms with Crippen molar-refractivity contribution in [2.24, 2.45) is 0 Å². The van der Waals surface area contributed by atoms with Crippen LogP contribution in [-0.2, 0) is 4.79 Å². The fourth-order valence-corrected chi connectivity index (χ4v) is 2.73. The number of rotatable bonds is 7. The highest BCUT2D eigenvalue weighted by molar-refractivity contribution is 6.31. The predicted molar refractivity (Wildman–Crippen MR) is 95.4 cm³/mol. The number of aliphatic hydroxyl groups is 1. The molecule has 2 rings (SSSR count). The number of carbonyl (C=O) groups excluding carboxylic acids is 1. The first-order chi connectivity index (χ1) is 11.5. The highest BCUT2D eigenvalue weighted by Gasteiger charge is 2.15. The van der Waals surface area contributed by atoms with E-state index < -0.39 is 6.10 Å². The maximum absolute atomic E-state index is 12.1. The fraction of sp³-hybridized carbons (Fsp3) is 0.316. The van der Waals surface area contributed by atoms with Crippen molar-refractivity contribution >= 4 is 17.5 Å². The number of aliphatic hydroxyl groups excluding tert-OH is 1. The molecule has 0 spiro atoms. The van der Waals surface area contributed by atoms with Gasteiger partial charge in [0.1, 0.15) is 5.75 Å². The van der Waals surface area contributed by atoms with Crippen LogP contribution in [0.3, 0.4) is 0 Å². The van der Waals surface area contributed by atoms with Gasteiger partial charge in [0, 0.05) is 23.6 Å². The summed E-state index contributed by atoms with van der Waals surface area (Å²) in [6.45, 7) is 2.13. The Hall–Kier alpha value is -2.04. The van der Waals surface area contributed by atoms with E-state index in [1.54, 1.807) is 31.4 Å². The van der Waals surface area contributed by atoms with Crippen molar-refractivity contribution in [1.29, 1.82) is 0 Å². The van der Waals surface area contributed by atoms with Crippen molar-refractivity contribution in [3.63, 3.8) is 0 Å². The molecular formula is C19H22ClNO3. The molecule has 0 aliphatic heterocycles.